The monoisotopic (exact) mass is 374 g/mol. The van der Waals surface area contributed by atoms with E-state index in [2.05, 4.69) is 14.7 Å². The highest BCUT2D eigenvalue weighted by Gasteiger charge is 2.19. The average Bonchev–Trinajstić information content (AvgIpc) is 2.99. The van der Waals surface area contributed by atoms with Crippen LogP contribution in [0.4, 0.5) is 8.78 Å². The molecule has 0 bridgehead atoms. The highest BCUT2D eigenvalue weighted by Crippen LogP contribution is 2.33. The average molecular weight is 374 g/mol. The van der Waals surface area contributed by atoms with Gasteiger partial charge in [-0.15, -0.1) is 11.3 Å². The Labute approximate surface area is 152 Å². The number of fused-ring (bicyclic) bond motifs is 3. The second-order valence-electron chi connectivity index (χ2n) is 6.09. The molecule has 1 N–H and O–H groups in total. The first-order chi connectivity index (χ1) is 12.6. The molecule has 0 saturated heterocycles. The van der Waals surface area contributed by atoms with Gasteiger partial charge >= 0.3 is 6.61 Å². The van der Waals surface area contributed by atoms with E-state index >= 15 is 0 Å². The molecule has 1 aliphatic rings. The van der Waals surface area contributed by atoms with Gasteiger partial charge in [-0.05, 0) is 49.5 Å². The van der Waals surface area contributed by atoms with Crippen LogP contribution in [0.3, 0.4) is 0 Å². The molecule has 1 aromatic carbocycles. The molecule has 2 aromatic heterocycles. The Bertz CT molecular complexity index is 1040. The summed E-state index contributed by atoms with van der Waals surface area (Å²) < 4.78 is 29.5. The standard InChI is InChI=1S/C19H16F2N2O2S/c20-19(21)25-13-7-3-1-5-11(13)9-10-15-22-17(24)16-12-6-2-4-8-14(12)26-18(16)23-15/h1,3,5,7,9-10,19H,2,4,6,8H2,(H,22,23,24). The minimum absolute atomic E-state index is 0.0776. The van der Waals surface area contributed by atoms with Gasteiger partial charge in [-0.25, -0.2) is 4.98 Å². The van der Waals surface area contributed by atoms with Crippen LogP contribution >= 0.6 is 11.3 Å². The molecule has 0 aliphatic heterocycles. The van der Waals surface area contributed by atoms with E-state index in [1.54, 1.807) is 41.7 Å². The van der Waals surface area contributed by atoms with Crippen molar-refractivity contribution in [2.45, 2.75) is 32.3 Å². The molecule has 1 aliphatic carbocycles. The Morgan fingerprint density at radius 2 is 2.00 bits per heavy atom. The van der Waals surface area contributed by atoms with Crippen LogP contribution in [0.15, 0.2) is 29.1 Å². The summed E-state index contributed by atoms with van der Waals surface area (Å²) in [6, 6.07) is 6.48. The van der Waals surface area contributed by atoms with E-state index in [0.29, 0.717) is 16.8 Å². The molecule has 4 nitrogen and oxygen atoms in total. The highest BCUT2D eigenvalue weighted by molar-refractivity contribution is 7.18. The largest absolute Gasteiger partial charge is 0.434 e. The fourth-order valence-corrected chi connectivity index (χ4v) is 4.52. The summed E-state index contributed by atoms with van der Waals surface area (Å²) in [5.74, 6) is 0.474. The van der Waals surface area contributed by atoms with Gasteiger partial charge in [-0.3, -0.25) is 4.79 Å². The van der Waals surface area contributed by atoms with Crippen molar-refractivity contribution in [2.75, 3.05) is 0 Å². The molecular formula is C19H16F2N2O2S. The predicted molar refractivity (Wildman–Crippen MR) is 98.9 cm³/mol. The zero-order valence-corrected chi connectivity index (χ0v) is 14.6. The molecule has 0 radical (unpaired) electrons. The fraction of sp³-hybridized carbons (Fsp3) is 0.263. The van der Waals surface area contributed by atoms with Crippen molar-refractivity contribution in [1.29, 1.82) is 0 Å². The fourth-order valence-electron chi connectivity index (χ4n) is 3.25. The van der Waals surface area contributed by atoms with Crippen molar-refractivity contribution in [1.82, 2.24) is 9.97 Å². The predicted octanol–water partition coefficient (Wildman–Crippen LogP) is 4.64. The summed E-state index contributed by atoms with van der Waals surface area (Å²) >= 11 is 1.57. The molecule has 2 heterocycles. The summed E-state index contributed by atoms with van der Waals surface area (Å²) in [4.78, 5) is 21.8. The van der Waals surface area contributed by atoms with Crippen LogP contribution in [0.1, 0.15) is 34.7 Å². The van der Waals surface area contributed by atoms with E-state index in [0.717, 1.165) is 36.1 Å². The summed E-state index contributed by atoms with van der Waals surface area (Å²) in [5.41, 5.74) is 1.48. The van der Waals surface area contributed by atoms with E-state index in [1.165, 1.54) is 10.9 Å². The number of rotatable bonds is 4. The van der Waals surface area contributed by atoms with E-state index in [4.69, 9.17) is 0 Å². The molecule has 4 rings (SSSR count). The number of alkyl halides is 2. The van der Waals surface area contributed by atoms with Crippen LogP contribution in [-0.4, -0.2) is 16.6 Å². The Hall–Kier alpha value is -2.54. The Morgan fingerprint density at radius 3 is 2.85 bits per heavy atom. The van der Waals surface area contributed by atoms with Crippen LogP contribution in [-0.2, 0) is 12.8 Å². The second kappa shape index (κ2) is 6.99. The van der Waals surface area contributed by atoms with Crippen LogP contribution in [0.25, 0.3) is 22.4 Å². The summed E-state index contributed by atoms with van der Waals surface area (Å²) in [5, 5.41) is 0.697. The van der Waals surface area contributed by atoms with Crippen LogP contribution in [0, 0.1) is 0 Å². The normalized spacial score (nSPS) is 14.3. The lowest BCUT2D eigenvalue weighted by Gasteiger charge is -2.09. The number of hydrogen-bond acceptors (Lipinski definition) is 4. The molecule has 134 valence electrons. The minimum atomic E-state index is -2.89. The molecule has 0 atom stereocenters. The summed E-state index contributed by atoms with van der Waals surface area (Å²) in [7, 11) is 0. The summed E-state index contributed by atoms with van der Waals surface area (Å²) in [6.07, 6.45) is 7.38. The van der Waals surface area contributed by atoms with Crippen molar-refractivity contribution in [2.24, 2.45) is 0 Å². The van der Waals surface area contributed by atoms with Gasteiger partial charge in [0.2, 0.25) is 0 Å². The number of halogens is 2. The maximum Gasteiger partial charge on any atom is 0.387 e. The third-order valence-corrected chi connectivity index (χ3v) is 5.58. The van der Waals surface area contributed by atoms with Crippen LogP contribution < -0.4 is 10.3 Å². The lowest BCUT2D eigenvalue weighted by molar-refractivity contribution is -0.0499. The van der Waals surface area contributed by atoms with Gasteiger partial charge in [0.1, 0.15) is 16.4 Å². The number of ether oxygens (including phenoxy) is 1. The zero-order chi connectivity index (χ0) is 18.1. The molecular weight excluding hydrogens is 358 g/mol. The molecule has 0 fully saturated rings. The number of nitrogens with one attached hydrogen (secondary N) is 1. The number of para-hydroxylation sites is 1. The lowest BCUT2D eigenvalue weighted by atomic mass is 9.97. The van der Waals surface area contributed by atoms with Crippen LogP contribution in [0.2, 0.25) is 0 Å². The molecule has 7 heteroatoms. The molecule has 0 unspecified atom stereocenters. The van der Waals surface area contributed by atoms with E-state index < -0.39 is 6.61 Å². The maximum atomic E-state index is 12.5. The third kappa shape index (κ3) is 3.26. The van der Waals surface area contributed by atoms with Crippen LogP contribution in [0.5, 0.6) is 5.75 Å². The van der Waals surface area contributed by atoms with Gasteiger partial charge in [0.25, 0.3) is 5.56 Å². The zero-order valence-electron chi connectivity index (χ0n) is 13.8. The Kier molecular flexibility index (Phi) is 4.55. The number of nitrogens with zero attached hydrogens (tertiary/aromatic N) is 1. The highest BCUT2D eigenvalue weighted by atomic mass is 32.1. The van der Waals surface area contributed by atoms with Crippen molar-refractivity contribution in [3.63, 3.8) is 0 Å². The van der Waals surface area contributed by atoms with Crippen molar-refractivity contribution >= 4 is 33.7 Å². The third-order valence-electron chi connectivity index (χ3n) is 4.40. The lowest BCUT2D eigenvalue weighted by Crippen LogP contribution is -2.11. The Balaban J connectivity index is 1.70. The SMILES string of the molecule is O=c1[nH]c(C=Cc2ccccc2OC(F)F)nc2sc3c(c12)CCCC3. The first-order valence-electron chi connectivity index (χ1n) is 8.38. The van der Waals surface area contributed by atoms with E-state index in [1.807, 2.05) is 0 Å². The molecule has 3 aromatic rings. The topological polar surface area (TPSA) is 55.0 Å². The number of thiophene rings is 1. The minimum Gasteiger partial charge on any atom is -0.434 e. The molecule has 0 amide bonds. The first kappa shape index (κ1) is 16.9. The smallest absolute Gasteiger partial charge is 0.387 e. The number of hydrogen-bond donors (Lipinski definition) is 1. The molecule has 26 heavy (non-hydrogen) atoms. The first-order valence-corrected chi connectivity index (χ1v) is 9.20. The van der Waals surface area contributed by atoms with E-state index in [9.17, 15) is 13.6 Å². The maximum absolute atomic E-state index is 12.5. The number of aromatic nitrogens is 2. The van der Waals surface area contributed by atoms with Gasteiger partial charge in [0, 0.05) is 10.4 Å². The molecule has 0 spiro atoms. The second-order valence-corrected chi connectivity index (χ2v) is 7.18. The van der Waals surface area contributed by atoms with Gasteiger partial charge in [-0.2, -0.15) is 8.78 Å². The number of aromatic amines is 1. The van der Waals surface area contributed by atoms with Crippen molar-refractivity contribution < 1.29 is 13.5 Å². The molecule has 0 saturated carbocycles. The van der Waals surface area contributed by atoms with Gasteiger partial charge in [0.05, 0.1) is 5.39 Å². The van der Waals surface area contributed by atoms with Crippen molar-refractivity contribution in [3.8, 4) is 5.75 Å². The van der Waals surface area contributed by atoms with E-state index in [-0.39, 0.29) is 11.3 Å². The van der Waals surface area contributed by atoms with Gasteiger partial charge in [0.15, 0.2) is 0 Å². The van der Waals surface area contributed by atoms with Gasteiger partial charge in [-0.1, -0.05) is 18.2 Å². The number of H-pyrrole nitrogens is 1. The van der Waals surface area contributed by atoms with Gasteiger partial charge < -0.3 is 9.72 Å². The summed E-state index contributed by atoms with van der Waals surface area (Å²) in [6.45, 7) is -2.89. The quantitative estimate of drug-likeness (QED) is 0.724. The number of aryl methyl sites for hydroxylation is 2. The Morgan fingerprint density at radius 1 is 1.19 bits per heavy atom. The van der Waals surface area contributed by atoms with Crippen molar-refractivity contribution in [3.05, 3.63) is 56.4 Å². The number of benzene rings is 1.